The smallest absolute Gasteiger partial charge is 0.0745 e. The van der Waals surface area contributed by atoms with Crippen LogP contribution >= 0.6 is 12.2 Å². The number of anilines is 1. The molecule has 0 amide bonds. The van der Waals surface area contributed by atoms with Crippen LogP contribution in [0.2, 0.25) is 0 Å². The molecule has 1 heterocycles. The molecule has 0 bridgehead atoms. The van der Waals surface area contributed by atoms with Crippen molar-refractivity contribution in [1.29, 1.82) is 0 Å². The summed E-state index contributed by atoms with van der Waals surface area (Å²) in [5, 5.41) is 4.39. The SMILES string of the molecule is Cc1cc(CN(CCC(N)=S)c2ccccc2)n(C)n1. The first kappa shape index (κ1) is 14.5. The van der Waals surface area contributed by atoms with E-state index in [-0.39, 0.29) is 0 Å². The van der Waals surface area contributed by atoms with Crippen molar-refractivity contribution in [3.05, 3.63) is 47.8 Å². The van der Waals surface area contributed by atoms with Crippen LogP contribution in [0.1, 0.15) is 17.8 Å². The average molecular weight is 288 g/mol. The number of benzene rings is 1. The molecule has 0 aliphatic rings. The Kier molecular flexibility index (Phi) is 4.74. The normalized spacial score (nSPS) is 10.5. The van der Waals surface area contributed by atoms with Gasteiger partial charge in [0.1, 0.15) is 0 Å². The first-order chi connectivity index (χ1) is 9.56. The van der Waals surface area contributed by atoms with Gasteiger partial charge < -0.3 is 10.6 Å². The van der Waals surface area contributed by atoms with Gasteiger partial charge >= 0.3 is 0 Å². The van der Waals surface area contributed by atoms with Gasteiger partial charge in [-0.05, 0) is 25.1 Å². The molecule has 0 saturated carbocycles. The van der Waals surface area contributed by atoms with E-state index in [1.807, 2.05) is 36.9 Å². The highest BCUT2D eigenvalue weighted by molar-refractivity contribution is 7.80. The van der Waals surface area contributed by atoms with Crippen LogP contribution < -0.4 is 10.6 Å². The summed E-state index contributed by atoms with van der Waals surface area (Å²) >= 11 is 4.99. The fourth-order valence-electron chi connectivity index (χ4n) is 2.19. The number of para-hydroxylation sites is 1. The van der Waals surface area contributed by atoms with E-state index in [9.17, 15) is 0 Å². The zero-order valence-electron chi connectivity index (χ0n) is 11.9. The van der Waals surface area contributed by atoms with Crippen LogP contribution in [0.3, 0.4) is 0 Å². The third-order valence-corrected chi connectivity index (χ3v) is 3.41. The molecule has 1 aromatic carbocycles. The molecular weight excluding hydrogens is 268 g/mol. The number of nitrogens with zero attached hydrogens (tertiary/aromatic N) is 3. The molecule has 2 N–H and O–H groups in total. The lowest BCUT2D eigenvalue weighted by Gasteiger charge is -2.24. The van der Waals surface area contributed by atoms with Gasteiger partial charge in [-0.2, -0.15) is 5.10 Å². The molecule has 2 rings (SSSR count). The van der Waals surface area contributed by atoms with Crippen molar-refractivity contribution in [1.82, 2.24) is 9.78 Å². The third kappa shape index (κ3) is 3.81. The molecule has 20 heavy (non-hydrogen) atoms. The molecule has 0 aliphatic carbocycles. The molecule has 0 radical (unpaired) electrons. The number of thiocarbonyl (C=S) groups is 1. The Bertz CT molecular complexity index is 577. The molecule has 0 atom stereocenters. The molecule has 2 aromatic rings. The summed E-state index contributed by atoms with van der Waals surface area (Å²) < 4.78 is 1.92. The van der Waals surface area contributed by atoms with Gasteiger partial charge in [0, 0.05) is 25.7 Å². The summed E-state index contributed by atoms with van der Waals surface area (Å²) in [6.45, 7) is 3.61. The number of hydrogen-bond acceptors (Lipinski definition) is 3. The minimum atomic E-state index is 0.548. The van der Waals surface area contributed by atoms with E-state index < -0.39 is 0 Å². The van der Waals surface area contributed by atoms with Crippen molar-refractivity contribution < 1.29 is 0 Å². The molecule has 1 aromatic heterocycles. The summed E-state index contributed by atoms with van der Waals surface area (Å²) in [4.78, 5) is 2.82. The molecule has 0 spiro atoms. The number of aromatic nitrogens is 2. The zero-order chi connectivity index (χ0) is 14.5. The fraction of sp³-hybridized carbons (Fsp3) is 0.333. The predicted octanol–water partition coefficient (Wildman–Crippen LogP) is 2.41. The van der Waals surface area contributed by atoms with Gasteiger partial charge in [0.15, 0.2) is 0 Å². The quantitative estimate of drug-likeness (QED) is 0.829. The van der Waals surface area contributed by atoms with Crippen molar-refractivity contribution in [3.63, 3.8) is 0 Å². The standard InChI is InChI=1S/C15H20N4S/c1-12-10-14(18(2)17-12)11-19(9-8-15(16)20)13-6-4-3-5-7-13/h3-7,10H,8-9,11H2,1-2H3,(H2,16,20). The lowest BCUT2D eigenvalue weighted by atomic mass is 10.2. The molecule has 0 saturated heterocycles. The van der Waals surface area contributed by atoms with Crippen molar-refractivity contribution in [2.45, 2.75) is 19.9 Å². The second-order valence-electron chi connectivity index (χ2n) is 4.87. The van der Waals surface area contributed by atoms with Crippen LogP contribution in [0.5, 0.6) is 0 Å². The molecule has 0 unspecified atom stereocenters. The van der Waals surface area contributed by atoms with Gasteiger partial charge in [-0.15, -0.1) is 0 Å². The van der Waals surface area contributed by atoms with E-state index in [2.05, 4.69) is 28.2 Å². The lowest BCUT2D eigenvalue weighted by Crippen LogP contribution is -2.28. The van der Waals surface area contributed by atoms with Gasteiger partial charge in [-0.3, -0.25) is 4.68 Å². The van der Waals surface area contributed by atoms with E-state index in [4.69, 9.17) is 18.0 Å². The van der Waals surface area contributed by atoms with Crippen LogP contribution in [0.25, 0.3) is 0 Å². The van der Waals surface area contributed by atoms with Crippen molar-refractivity contribution in [3.8, 4) is 0 Å². The maximum Gasteiger partial charge on any atom is 0.0745 e. The maximum atomic E-state index is 5.63. The summed E-state index contributed by atoms with van der Waals surface area (Å²) in [6.07, 6.45) is 0.709. The Balaban J connectivity index is 2.18. The predicted molar refractivity (Wildman–Crippen MR) is 86.8 cm³/mol. The van der Waals surface area contributed by atoms with Crippen LogP contribution in [-0.2, 0) is 13.6 Å². The highest BCUT2D eigenvalue weighted by Crippen LogP contribution is 2.17. The summed E-state index contributed by atoms with van der Waals surface area (Å²) in [7, 11) is 1.97. The van der Waals surface area contributed by atoms with Gasteiger partial charge in [-0.25, -0.2) is 0 Å². The molecular formula is C15H20N4S. The Labute approximate surface area is 125 Å². The van der Waals surface area contributed by atoms with Crippen LogP contribution in [-0.4, -0.2) is 21.3 Å². The number of rotatable bonds is 6. The minimum Gasteiger partial charge on any atom is -0.393 e. The second kappa shape index (κ2) is 6.52. The van der Waals surface area contributed by atoms with E-state index in [1.54, 1.807) is 0 Å². The molecule has 4 nitrogen and oxygen atoms in total. The van der Waals surface area contributed by atoms with E-state index in [1.165, 1.54) is 11.4 Å². The number of hydrogen-bond donors (Lipinski definition) is 1. The Morgan fingerprint density at radius 3 is 2.60 bits per heavy atom. The van der Waals surface area contributed by atoms with Crippen molar-refractivity contribution >= 4 is 22.9 Å². The Morgan fingerprint density at radius 1 is 1.35 bits per heavy atom. The molecule has 106 valence electrons. The monoisotopic (exact) mass is 288 g/mol. The van der Waals surface area contributed by atoms with Gasteiger partial charge in [-0.1, -0.05) is 30.4 Å². The summed E-state index contributed by atoms with van der Waals surface area (Å²) in [6, 6.07) is 12.4. The molecule has 0 fully saturated rings. The van der Waals surface area contributed by atoms with E-state index >= 15 is 0 Å². The Hall–Kier alpha value is -1.88. The molecule has 0 aliphatic heterocycles. The lowest BCUT2D eigenvalue weighted by molar-refractivity contribution is 0.677. The second-order valence-corrected chi connectivity index (χ2v) is 5.40. The summed E-state index contributed by atoms with van der Waals surface area (Å²) in [5.74, 6) is 0. The highest BCUT2D eigenvalue weighted by atomic mass is 32.1. The van der Waals surface area contributed by atoms with Gasteiger partial charge in [0.05, 0.1) is 22.9 Å². The average Bonchev–Trinajstić information content (AvgIpc) is 2.73. The van der Waals surface area contributed by atoms with Crippen LogP contribution in [0.4, 0.5) is 5.69 Å². The topological polar surface area (TPSA) is 47.1 Å². The Morgan fingerprint density at radius 2 is 2.05 bits per heavy atom. The first-order valence-corrected chi connectivity index (χ1v) is 7.05. The third-order valence-electron chi connectivity index (χ3n) is 3.20. The van der Waals surface area contributed by atoms with E-state index in [0.717, 1.165) is 18.8 Å². The highest BCUT2D eigenvalue weighted by Gasteiger charge is 2.11. The van der Waals surface area contributed by atoms with E-state index in [0.29, 0.717) is 11.4 Å². The van der Waals surface area contributed by atoms with Crippen LogP contribution in [0, 0.1) is 6.92 Å². The largest absolute Gasteiger partial charge is 0.393 e. The minimum absolute atomic E-state index is 0.548. The number of nitrogens with two attached hydrogens (primary N) is 1. The van der Waals surface area contributed by atoms with Crippen molar-refractivity contribution in [2.24, 2.45) is 12.8 Å². The van der Waals surface area contributed by atoms with Gasteiger partial charge in [0.2, 0.25) is 0 Å². The summed E-state index contributed by atoms with van der Waals surface area (Å²) in [5.41, 5.74) is 9.01. The maximum absolute atomic E-state index is 5.63. The fourth-order valence-corrected chi connectivity index (χ4v) is 2.28. The van der Waals surface area contributed by atoms with Crippen molar-refractivity contribution in [2.75, 3.05) is 11.4 Å². The zero-order valence-corrected chi connectivity index (χ0v) is 12.7. The number of aryl methyl sites for hydroxylation is 2. The molecule has 5 heteroatoms. The van der Waals surface area contributed by atoms with Crippen LogP contribution in [0.15, 0.2) is 36.4 Å². The van der Waals surface area contributed by atoms with Gasteiger partial charge in [0.25, 0.3) is 0 Å². The first-order valence-electron chi connectivity index (χ1n) is 6.64.